The molecule has 0 aromatic heterocycles. The van der Waals surface area contributed by atoms with Crippen molar-refractivity contribution in [3.05, 3.63) is 22.1 Å². The predicted octanol–water partition coefficient (Wildman–Crippen LogP) is 5.20. The van der Waals surface area contributed by atoms with E-state index in [2.05, 4.69) is 51.5 Å². The number of aliphatic carboxylic acids is 1. The molecular formula is C24H35NO2S. The number of carboxylic acids is 1. The van der Waals surface area contributed by atoms with Crippen LogP contribution in [0.2, 0.25) is 0 Å². The molecule has 1 atom stereocenters. The van der Waals surface area contributed by atoms with Crippen LogP contribution in [0.15, 0.2) is 22.1 Å². The van der Waals surface area contributed by atoms with Gasteiger partial charge >= 0.3 is 5.97 Å². The molecule has 2 aliphatic heterocycles. The van der Waals surface area contributed by atoms with Crippen LogP contribution in [0.3, 0.4) is 0 Å². The molecule has 1 fully saturated rings. The number of hydrogen-bond donors (Lipinski definition) is 1. The molecule has 3 nitrogen and oxygen atoms in total. The molecule has 28 heavy (non-hydrogen) atoms. The van der Waals surface area contributed by atoms with Gasteiger partial charge in [0.15, 0.2) is 0 Å². The van der Waals surface area contributed by atoms with E-state index in [9.17, 15) is 9.90 Å². The summed E-state index contributed by atoms with van der Waals surface area (Å²) in [5.41, 5.74) is 1.67. The van der Waals surface area contributed by atoms with Crippen molar-refractivity contribution in [2.45, 2.75) is 59.8 Å². The van der Waals surface area contributed by atoms with Gasteiger partial charge in [-0.05, 0) is 70.6 Å². The van der Waals surface area contributed by atoms with Crippen molar-refractivity contribution >= 4 is 17.7 Å². The molecule has 3 aliphatic rings. The summed E-state index contributed by atoms with van der Waals surface area (Å²) in [5, 5.41) is 10.3. The summed E-state index contributed by atoms with van der Waals surface area (Å²) in [4.78, 5) is 15.9. The van der Waals surface area contributed by atoms with Crippen LogP contribution in [0, 0.1) is 34.5 Å². The third-order valence-corrected chi connectivity index (χ3v) is 7.52. The van der Waals surface area contributed by atoms with Crippen LogP contribution in [-0.4, -0.2) is 41.9 Å². The van der Waals surface area contributed by atoms with Gasteiger partial charge in [-0.25, -0.2) is 0 Å². The minimum atomic E-state index is -0.869. The van der Waals surface area contributed by atoms with E-state index >= 15 is 0 Å². The molecular weight excluding hydrogens is 366 g/mol. The molecule has 1 saturated carbocycles. The Balaban J connectivity index is 2.01. The van der Waals surface area contributed by atoms with Crippen molar-refractivity contribution in [2.24, 2.45) is 22.7 Å². The zero-order valence-electron chi connectivity index (χ0n) is 18.1. The Hall–Kier alpha value is -1.18. The second-order valence-electron chi connectivity index (χ2n) is 10.0. The second kappa shape index (κ2) is 8.28. The Labute approximate surface area is 175 Å². The smallest absolute Gasteiger partial charge is 0.318 e. The van der Waals surface area contributed by atoms with E-state index in [1.807, 2.05) is 6.08 Å². The first kappa shape index (κ1) is 21.5. The molecule has 154 valence electrons. The van der Waals surface area contributed by atoms with Crippen LogP contribution in [0.1, 0.15) is 59.8 Å². The second-order valence-corrected chi connectivity index (χ2v) is 11.0. The Bertz CT molecular complexity index is 741. The Morgan fingerprint density at radius 2 is 1.96 bits per heavy atom. The Morgan fingerprint density at radius 1 is 1.29 bits per heavy atom. The summed E-state index contributed by atoms with van der Waals surface area (Å²) in [5.74, 6) is 7.77. The molecule has 0 amide bonds. The van der Waals surface area contributed by atoms with Gasteiger partial charge < -0.3 is 10.0 Å². The normalized spacial score (nSPS) is 32.0. The summed E-state index contributed by atoms with van der Waals surface area (Å²) in [6.07, 6.45) is 7.77. The third kappa shape index (κ3) is 4.69. The number of carbonyl (C=O) groups is 1. The van der Waals surface area contributed by atoms with E-state index in [1.165, 1.54) is 36.8 Å². The van der Waals surface area contributed by atoms with Crippen LogP contribution >= 0.6 is 11.8 Å². The molecule has 1 N–H and O–H groups in total. The van der Waals surface area contributed by atoms with Crippen molar-refractivity contribution in [2.75, 3.05) is 25.9 Å². The molecule has 1 unspecified atom stereocenters. The number of rotatable bonds is 3. The number of thioether (sulfide) groups is 1. The largest absolute Gasteiger partial charge is 0.480 e. The quantitative estimate of drug-likeness (QED) is 0.521. The predicted molar refractivity (Wildman–Crippen MR) is 118 cm³/mol. The highest BCUT2D eigenvalue weighted by molar-refractivity contribution is 8.03. The van der Waals surface area contributed by atoms with E-state index in [4.69, 9.17) is 0 Å². The molecule has 0 spiro atoms. The van der Waals surface area contributed by atoms with Crippen LogP contribution in [0.4, 0.5) is 0 Å². The number of allylic oxidation sites excluding steroid dienone is 1. The number of nitrogens with zero attached hydrogens (tertiary/aromatic N) is 1. The SMILES string of the molecule is CC1CCC(C2=C(C3(C(=O)O)C=C(C#CC(C)(C)C)SC3)CCN(C)C2)CC1. The lowest BCUT2D eigenvalue weighted by atomic mass is 9.70. The average Bonchev–Trinajstić information content (AvgIpc) is 3.06. The van der Waals surface area contributed by atoms with Gasteiger partial charge in [0.05, 0.1) is 4.91 Å². The molecule has 0 aromatic carbocycles. The van der Waals surface area contributed by atoms with Gasteiger partial charge in [0, 0.05) is 24.3 Å². The Kier molecular flexibility index (Phi) is 6.37. The lowest BCUT2D eigenvalue weighted by Gasteiger charge is -2.39. The summed E-state index contributed by atoms with van der Waals surface area (Å²) in [6.45, 7) is 10.5. The molecule has 0 bridgehead atoms. The average molecular weight is 402 g/mol. The van der Waals surface area contributed by atoms with Crippen LogP contribution in [0.25, 0.3) is 0 Å². The van der Waals surface area contributed by atoms with Gasteiger partial charge in [-0.15, -0.1) is 11.8 Å². The van der Waals surface area contributed by atoms with Crippen molar-refractivity contribution < 1.29 is 9.90 Å². The van der Waals surface area contributed by atoms with Gasteiger partial charge in [0.25, 0.3) is 0 Å². The fourth-order valence-corrected chi connectivity index (χ4v) is 5.84. The van der Waals surface area contributed by atoms with Crippen LogP contribution in [-0.2, 0) is 4.79 Å². The lowest BCUT2D eigenvalue weighted by molar-refractivity contribution is -0.143. The summed E-state index contributed by atoms with van der Waals surface area (Å²) in [6, 6.07) is 0. The monoisotopic (exact) mass is 401 g/mol. The molecule has 3 rings (SSSR count). The van der Waals surface area contributed by atoms with E-state index in [0.717, 1.165) is 30.3 Å². The minimum absolute atomic E-state index is 0.0767. The molecule has 2 heterocycles. The minimum Gasteiger partial charge on any atom is -0.480 e. The van der Waals surface area contributed by atoms with Gasteiger partial charge in [-0.2, -0.15) is 0 Å². The zero-order valence-corrected chi connectivity index (χ0v) is 18.9. The highest BCUT2D eigenvalue weighted by atomic mass is 32.2. The number of carboxylic acid groups (broad SMARTS) is 1. The van der Waals surface area contributed by atoms with Crippen molar-refractivity contribution in [1.82, 2.24) is 4.90 Å². The maximum atomic E-state index is 12.6. The fourth-order valence-electron chi connectivity index (χ4n) is 4.67. The van der Waals surface area contributed by atoms with E-state index in [1.54, 1.807) is 11.8 Å². The summed E-state index contributed by atoms with van der Waals surface area (Å²) >= 11 is 1.62. The van der Waals surface area contributed by atoms with Crippen molar-refractivity contribution in [3.8, 4) is 11.8 Å². The zero-order chi connectivity index (χ0) is 20.5. The van der Waals surface area contributed by atoms with E-state index < -0.39 is 11.4 Å². The van der Waals surface area contributed by atoms with Gasteiger partial charge in [0.2, 0.25) is 0 Å². The van der Waals surface area contributed by atoms with Gasteiger partial charge in [-0.1, -0.05) is 37.2 Å². The topological polar surface area (TPSA) is 40.5 Å². The third-order valence-electron chi connectivity index (χ3n) is 6.39. The van der Waals surface area contributed by atoms with Crippen LogP contribution in [0.5, 0.6) is 0 Å². The van der Waals surface area contributed by atoms with Crippen molar-refractivity contribution in [3.63, 3.8) is 0 Å². The van der Waals surface area contributed by atoms with Gasteiger partial charge in [0.1, 0.15) is 5.41 Å². The first-order chi connectivity index (χ1) is 13.1. The maximum absolute atomic E-state index is 12.6. The highest BCUT2D eigenvalue weighted by Gasteiger charge is 2.47. The highest BCUT2D eigenvalue weighted by Crippen LogP contribution is 2.49. The van der Waals surface area contributed by atoms with Crippen molar-refractivity contribution in [1.29, 1.82) is 0 Å². The first-order valence-corrected chi connectivity index (χ1v) is 11.6. The summed E-state index contributed by atoms with van der Waals surface area (Å²) < 4.78 is 0. The fraction of sp³-hybridized carbons (Fsp3) is 0.708. The molecule has 4 heteroatoms. The van der Waals surface area contributed by atoms with E-state index in [0.29, 0.717) is 11.7 Å². The summed E-state index contributed by atoms with van der Waals surface area (Å²) in [7, 11) is 2.16. The van der Waals surface area contributed by atoms with Gasteiger partial charge in [-0.3, -0.25) is 4.79 Å². The molecule has 0 aromatic rings. The standard InChI is InChI=1S/C24H35NO2S/c1-17-6-8-18(9-7-17)20-15-25(5)13-11-21(20)24(22(26)27)14-19(28-16-24)10-12-23(2,3)4/h14,17-18H,6-9,11,13,15-16H2,1-5H3,(H,26,27). The maximum Gasteiger partial charge on any atom is 0.318 e. The Morgan fingerprint density at radius 3 is 2.57 bits per heavy atom. The van der Waals surface area contributed by atoms with E-state index in [-0.39, 0.29) is 5.41 Å². The molecule has 1 aliphatic carbocycles. The van der Waals surface area contributed by atoms with Crippen LogP contribution < -0.4 is 0 Å². The lowest BCUT2D eigenvalue weighted by Crippen LogP contribution is -2.40. The molecule has 0 radical (unpaired) electrons. The number of likely N-dealkylation sites (N-methyl/N-ethyl adjacent to an activating group) is 1. The first-order valence-electron chi connectivity index (χ1n) is 10.6. The number of hydrogen-bond acceptors (Lipinski definition) is 3. The molecule has 0 saturated heterocycles.